The van der Waals surface area contributed by atoms with Crippen LogP contribution in [0.4, 0.5) is 0 Å². The number of aromatic nitrogens is 4. The van der Waals surface area contributed by atoms with E-state index in [1.54, 1.807) is 24.1 Å². The number of aryl methyl sites for hydroxylation is 1. The lowest BCUT2D eigenvalue weighted by molar-refractivity contribution is -0.124. The lowest BCUT2D eigenvalue weighted by atomic mass is 10.3. The van der Waals surface area contributed by atoms with E-state index in [-0.39, 0.29) is 18.5 Å². The third-order valence-corrected chi connectivity index (χ3v) is 3.11. The first-order chi connectivity index (χ1) is 10.1. The molecule has 2 heterocycles. The van der Waals surface area contributed by atoms with Crippen LogP contribution >= 0.6 is 0 Å². The number of hydrogen-bond acceptors (Lipinski definition) is 6. The van der Waals surface area contributed by atoms with Gasteiger partial charge in [0, 0.05) is 25.9 Å². The monoisotopic (exact) mass is 293 g/mol. The predicted molar refractivity (Wildman–Crippen MR) is 73.4 cm³/mol. The van der Waals surface area contributed by atoms with Crippen LogP contribution in [0, 0.1) is 6.92 Å². The van der Waals surface area contributed by atoms with Gasteiger partial charge >= 0.3 is 0 Å². The van der Waals surface area contributed by atoms with Crippen LogP contribution in [0.3, 0.4) is 0 Å². The van der Waals surface area contributed by atoms with Gasteiger partial charge in [0.1, 0.15) is 11.9 Å². The van der Waals surface area contributed by atoms with Crippen LogP contribution in [-0.4, -0.2) is 39.3 Å². The second-order valence-corrected chi connectivity index (χ2v) is 4.62. The summed E-state index contributed by atoms with van der Waals surface area (Å²) in [6.07, 6.45) is 4.02. The normalized spacial score (nSPS) is 12.3. The SMILES string of the molecule is COCCc1noc(CNC(=O)C(C)n2ccnc2C)n1. The highest BCUT2D eigenvalue weighted by Crippen LogP contribution is 2.08. The predicted octanol–water partition coefficient (Wildman–Crippen LogP) is 0.641. The molecule has 1 N–H and O–H groups in total. The number of imidazole rings is 1. The van der Waals surface area contributed by atoms with Crippen molar-refractivity contribution < 1.29 is 14.1 Å². The van der Waals surface area contributed by atoms with Gasteiger partial charge in [-0.3, -0.25) is 4.79 Å². The maximum atomic E-state index is 12.1. The fourth-order valence-corrected chi connectivity index (χ4v) is 1.89. The number of ether oxygens (including phenoxy) is 1. The molecule has 0 aliphatic rings. The van der Waals surface area contributed by atoms with Gasteiger partial charge in [-0.25, -0.2) is 4.98 Å². The van der Waals surface area contributed by atoms with E-state index >= 15 is 0 Å². The molecule has 0 aliphatic carbocycles. The minimum absolute atomic E-state index is 0.132. The maximum Gasteiger partial charge on any atom is 0.246 e. The fraction of sp³-hybridized carbons (Fsp3) is 0.538. The molecule has 1 amide bonds. The van der Waals surface area contributed by atoms with Crippen LogP contribution in [0.2, 0.25) is 0 Å². The molecule has 2 aromatic heterocycles. The Hall–Kier alpha value is -2.22. The first-order valence-electron chi connectivity index (χ1n) is 6.69. The van der Waals surface area contributed by atoms with Crippen molar-refractivity contribution in [1.29, 1.82) is 0 Å². The van der Waals surface area contributed by atoms with Gasteiger partial charge in [-0.1, -0.05) is 5.16 Å². The van der Waals surface area contributed by atoms with Crippen LogP contribution in [-0.2, 0) is 22.5 Å². The van der Waals surface area contributed by atoms with E-state index in [1.165, 1.54) is 0 Å². The topological polar surface area (TPSA) is 95.1 Å². The molecule has 8 heteroatoms. The number of carbonyl (C=O) groups excluding carboxylic acids is 1. The first-order valence-corrected chi connectivity index (χ1v) is 6.69. The number of nitrogens with one attached hydrogen (secondary N) is 1. The van der Waals surface area contributed by atoms with Crippen molar-refractivity contribution in [2.24, 2.45) is 0 Å². The van der Waals surface area contributed by atoms with Gasteiger partial charge in [0.15, 0.2) is 5.82 Å². The molecule has 0 aliphatic heterocycles. The molecule has 114 valence electrons. The van der Waals surface area contributed by atoms with Crippen molar-refractivity contribution in [3.8, 4) is 0 Å². The van der Waals surface area contributed by atoms with Gasteiger partial charge in [0.05, 0.1) is 13.2 Å². The lowest BCUT2D eigenvalue weighted by Crippen LogP contribution is -2.30. The van der Waals surface area contributed by atoms with Gasteiger partial charge in [-0.05, 0) is 13.8 Å². The van der Waals surface area contributed by atoms with Crippen LogP contribution in [0.1, 0.15) is 30.5 Å². The Morgan fingerprint density at radius 1 is 1.57 bits per heavy atom. The lowest BCUT2D eigenvalue weighted by Gasteiger charge is -2.14. The average Bonchev–Trinajstić information content (AvgIpc) is 3.10. The van der Waals surface area contributed by atoms with E-state index < -0.39 is 0 Å². The van der Waals surface area contributed by atoms with Crippen LogP contribution in [0.15, 0.2) is 16.9 Å². The minimum atomic E-state index is -0.344. The minimum Gasteiger partial charge on any atom is -0.384 e. The van der Waals surface area contributed by atoms with Gasteiger partial charge in [-0.15, -0.1) is 0 Å². The van der Waals surface area contributed by atoms with Gasteiger partial charge < -0.3 is 19.1 Å². The van der Waals surface area contributed by atoms with Gasteiger partial charge in [-0.2, -0.15) is 4.98 Å². The molecule has 8 nitrogen and oxygen atoms in total. The fourth-order valence-electron chi connectivity index (χ4n) is 1.89. The smallest absolute Gasteiger partial charge is 0.246 e. The highest BCUT2D eigenvalue weighted by Gasteiger charge is 2.17. The molecular formula is C13H19N5O3. The standard InChI is InChI=1S/C13H19N5O3/c1-9(18-6-5-14-10(18)2)13(19)15-8-12-16-11(17-21-12)4-7-20-3/h5-6,9H,4,7-8H2,1-3H3,(H,15,19). The van der Waals surface area contributed by atoms with Crippen molar-refractivity contribution in [1.82, 2.24) is 25.0 Å². The van der Waals surface area contributed by atoms with E-state index in [0.29, 0.717) is 24.7 Å². The summed E-state index contributed by atoms with van der Waals surface area (Å²) in [5.74, 6) is 1.61. The van der Waals surface area contributed by atoms with Crippen molar-refractivity contribution >= 4 is 5.91 Å². The highest BCUT2D eigenvalue weighted by molar-refractivity contribution is 5.79. The molecule has 21 heavy (non-hydrogen) atoms. The van der Waals surface area contributed by atoms with Gasteiger partial charge in [0.25, 0.3) is 0 Å². The number of carbonyl (C=O) groups is 1. The average molecular weight is 293 g/mol. The van der Waals surface area contributed by atoms with E-state index in [4.69, 9.17) is 9.26 Å². The second-order valence-electron chi connectivity index (χ2n) is 4.62. The summed E-state index contributed by atoms with van der Waals surface area (Å²) in [4.78, 5) is 20.3. The van der Waals surface area contributed by atoms with Crippen LogP contribution < -0.4 is 5.32 Å². The Morgan fingerprint density at radius 2 is 2.38 bits per heavy atom. The Kier molecular flexibility index (Phi) is 5.04. The van der Waals surface area contributed by atoms with E-state index in [0.717, 1.165) is 5.82 Å². The Morgan fingerprint density at radius 3 is 3.05 bits per heavy atom. The number of hydrogen-bond donors (Lipinski definition) is 1. The third kappa shape index (κ3) is 3.88. The quantitative estimate of drug-likeness (QED) is 0.805. The largest absolute Gasteiger partial charge is 0.384 e. The summed E-state index contributed by atoms with van der Waals surface area (Å²) in [6.45, 7) is 4.39. The van der Waals surface area contributed by atoms with Crippen molar-refractivity contribution in [3.05, 3.63) is 29.9 Å². The van der Waals surface area contributed by atoms with E-state index in [1.807, 2.05) is 13.8 Å². The molecule has 0 bridgehead atoms. The Balaban J connectivity index is 1.86. The molecule has 0 saturated heterocycles. The van der Waals surface area contributed by atoms with Crippen LogP contribution in [0.5, 0.6) is 0 Å². The summed E-state index contributed by atoms with van der Waals surface area (Å²) in [7, 11) is 1.61. The maximum absolute atomic E-state index is 12.1. The van der Waals surface area contributed by atoms with Crippen molar-refractivity contribution in [2.45, 2.75) is 32.9 Å². The highest BCUT2D eigenvalue weighted by atomic mass is 16.5. The number of methoxy groups -OCH3 is 1. The zero-order valence-electron chi connectivity index (χ0n) is 12.4. The molecule has 1 unspecified atom stereocenters. The number of rotatable bonds is 7. The Labute approximate surface area is 122 Å². The summed E-state index contributed by atoms with van der Waals surface area (Å²) < 4.78 is 11.8. The molecule has 0 saturated carbocycles. The second kappa shape index (κ2) is 6.98. The Bertz CT molecular complexity index is 592. The summed E-state index contributed by atoms with van der Waals surface area (Å²) in [5.41, 5.74) is 0. The molecule has 0 radical (unpaired) electrons. The number of nitrogens with zero attached hydrogens (tertiary/aromatic N) is 4. The third-order valence-electron chi connectivity index (χ3n) is 3.11. The molecule has 0 spiro atoms. The summed E-state index contributed by atoms with van der Waals surface area (Å²) in [6, 6.07) is -0.344. The van der Waals surface area contributed by atoms with E-state index in [9.17, 15) is 4.79 Å². The molecule has 2 aromatic rings. The molecular weight excluding hydrogens is 274 g/mol. The molecule has 2 rings (SSSR count). The van der Waals surface area contributed by atoms with Gasteiger partial charge in [0.2, 0.25) is 11.8 Å². The zero-order chi connectivity index (χ0) is 15.2. The summed E-state index contributed by atoms with van der Waals surface area (Å²) in [5, 5.41) is 6.58. The summed E-state index contributed by atoms with van der Waals surface area (Å²) >= 11 is 0. The first kappa shape index (κ1) is 15.2. The number of amides is 1. The van der Waals surface area contributed by atoms with Crippen molar-refractivity contribution in [2.75, 3.05) is 13.7 Å². The zero-order valence-corrected chi connectivity index (χ0v) is 12.4. The van der Waals surface area contributed by atoms with Crippen LogP contribution in [0.25, 0.3) is 0 Å². The molecule has 1 atom stereocenters. The van der Waals surface area contributed by atoms with E-state index in [2.05, 4.69) is 20.4 Å². The molecule has 0 aromatic carbocycles. The van der Waals surface area contributed by atoms with Crippen molar-refractivity contribution in [3.63, 3.8) is 0 Å². The molecule has 0 fully saturated rings.